The fourth-order valence-electron chi connectivity index (χ4n) is 3.67. The van der Waals surface area contributed by atoms with Crippen molar-refractivity contribution in [3.05, 3.63) is 59.6 Å². The number of carbonyl (C=O) groups is 1. The molecule has 0 saturated heterocycles. The van der Waals surface area contributed by atoms with Gasteiger partial charge < -0.3 is 24.0 Å². The first-order valence-electron chi connectivity index (χ1n) is 10.4. The summed E-state index contributed by atoms with van der Waals surface area (Å²) in [5.41, 5.74) is 3.11. The number of aliphatic hydroxyl groups excluding tert-OH is 1. The van der Waals surface area contributed by atoms with E-state index in [0.717, 1.165) is 11.0 Å². The number of carbonyl (C=O) groups excluding carboxylic acids is 1. The van der Waals surface area contributed by atoms with Gasteiger partial charge in [-0.05, 0) is 42.3 Å². The summed E-state index contributed by atoms with van der Waals surface area (Å²) in [6, 6.07) is 12.4. The monoisotopic (exact) mass is 434 g/mol. The molecule has 0 unspecified atom stereocenters. The zero-order valence-corrected chi connectivity index (χ0v) is 18.5. The number of anilines is 1. The summed E-state index contributed by atoms with van der Waals surface area (Å²) in [6.45, 7) is 4.47. The molecule has 8 nitrogen and oxygen atoms in total. The molecular formula is C24H26N4O4. The van der Waals surface area contributed by atoms with Crippen molar-refractivity contribution in [1.82, 2.24) is 9.55 Å². The van der Waals surface area contributed by atoms with Crippen molar-refractivity contribution in [2.24, 2.45) is 13.0 Å². The third kappa shape index (κ3) is 3.79. The van der Waals surface area contributed by atoms with Crippen LogP contribution in [0.3, 0.4) is 0 Å². The maximum absolute atomic E-state index is 12.2. The van der Waals surface area contributed by atoms with Crippen LogP contribution in [-0.4, -0.2) is 46.7 Å². The third-order valence-electron chi connectivity index (χ3n) is 5.38. The van der Waals surface area contributed by atoms with Crippen LogP contribution in [0.4, 0.5) is 5.69 Å². The number of esters is 1. The van der Waals surface area contributed by atoms with E-state index in [0.29, 0.717) is 35.0 Å². The number of rotatable bonds is 6. The van der Waals surface area contributed by atoms with Gasteiger partial charge in [-0.25, -0.2) is 9.78 Å². The molecule has 1 aliphatic heterocycles. The van der Waals surface area contributed by atoms with Gasteiger partial charge in [0.1, 0.15) is 23.2 Å². The van der Waals surface area contributed by atoms with E-state index < -0.39 is 0 Å². The zero-order valence-electron chi connectivity index (χ0n) is 18.5. The van der Waals surface area contributed by atoms with Crippen LogP contribution in [-0.2, 0) is 11.8 Å². The summed E-state index contributed by atoms with van der Waals surface area (Å²) >= 11 is 0. The number of imidazole rings is 1. The summed E-state index contributed by atoms with van der Waals surface area (Å²) in [5, 5.41) is 19.4. The van der Waals surface area contributed by atoms with Crippen LogP contribution in [0.25, 0.3) is 16.6 Å². The zero-order chi connectivity index (χ0) is 23.0. The first-order chi connectivity index (χ1) is 15.3. The molecule has 0 spiro atoms. The fraction of sp³-hybridized carbons (Fsp3) is 0.292. The minimum absolute atomic E-state index is 0.0702. The molecule has 8 heteroatoms. The van der Waals surface area contributed by atoms with E-state index in [1.54, 1.807) is 36.3 Å². The molecule has 0 atom stereocenters. The normalized spacial score (nSPS) is 14.0. The number of aromatic nitrogens is 2. The van der Waals surface area contributed by atoms with Gasteiger partial charge in [0, 0.05) is 18.8 Å². The van der Waals surface area contributed by atoms with E-state index in [4.69, 9.17) is 14.9 Å². The number of nitrogens with one attached hydrogen (secondary N) is 1. The molecule has 2 aromatic carbocycles. The van der Waals surface area contributed by atoms with Crippen molar-refractivity contribution in [2.45, 2.75) is 13.8 Å². The number of ether oxygens (including phenoxy) is 2. The molecule has 166 valence electrons. The van der Waals surface area contributed by atoms with Gasteiger partial charge in [0.05, 0.1) is 42.4 Å². The van der Waals surface area contributed by atoms with Gasteiger partial charge in [0.25, 0.3) is 0 Å². The number of hydrogen-bond donors (Lipinski definition) is 2. The molecule has 3 aromatic rings. The van der Waals surface area contributed by atoms with Crippen LogP contribution in [0.2, 0.25) is 0 Å². The van der Waals surface area contributed by atoms with E-state index in [9.17, 15) is 9.90 Å². The summed E-state index contributed by atoms with van der Waals surface area (Å²) < 4.78 is 12.4. The lowest BCUT2D eigenvalue weighted by atomic mass is 10.2. The van der Waals surface area contributed by atoms with Gasteiger partial charge in [-0.2, -0.15) is 0 Å². The maximum Gasteiger partial charge on any atom is 0.338 e. The molecule has 0 bridgehead atoms. The molecular weight excluding hydrogens is 408 g/mol. The molecule has 2 heterocycles. The highest BCUT2D eigenvalue weighted by Crippen LogP contribution is 2.33. The topological polar surface area (TPSA) is 101 Å². The van der Waals surface area contributed by atoms with Crippen molar-refractivity contribution < 1.29 is 19.4 Å². The largest absolute Gasteiger partial charge is 0.509 e. The second kappa shape index (κ2) is 8.37. The van der Waals surface area contributed by atoms with Gasteiger partial charge in [-0.15, -0.1) is 0 Å². The standard InChI is InChI=1S/C24H26N4O4/c1-14(2)13-32-24(30)15-5-7-16(8-6-15)28-12-20(29)21(22(28)25)23-26-18-11-17(31-4)9-10-19(18)27(23)3/h5-11,14,25,29H,12-13H2,1-4H3. The molecule has 2 N–H and O–H groups in total. The Bertz CT molecular complexity index is 1220. The summed E-state index contributed by atoms with van der Waals surface area (Å²) in [4.78, 5) is 18.5. The molecule has 1 aromatic heterocycles. The van der Waals surface area contributed by atoms with Crippen molar-refractivity contribution in [1.29, 1.82) is 5.41 Å². The van der Waals surface area contributed by atoms with Crippen molar-refractivity contribution in [3.63, 3.8) is 0 Å². The highest BCUT2D eigenvalue weighted by Gasteiger charge is 2.32. The number of aryl methyl sites for hydroxylation is 1. The summed E-state index contributed by atoms with van der Waals surface area (Å²) in [7, 11) is 3.45. The average Bonchev–Trinajstić information content (AvgIpc) is 3.26. The molecule has 0 radical (unpaired) electrons. The highest BCUT2D eigenvalue weighted by molar-refractivity contribution is 6.30. The number of benzene rings is 2. The van der Waals surface area contributed by atoms with Crippen LogP contribution in [0.1, 0.15) is 30.0 Å². The lowest BCUT2D eigenvalue weighted by Crippen LogP contribution is -2.26. The third-order valence-corrected chi connectivity index (χ3v) is 5.38. The lowest BCUT2D eigenvalue weighted by Gasteiger charge is -2.19. The van der Waals surface area contributed by atoms with E-state index in [2.05, 4.69) is 4.98 Å². The Hall–Kier alpha value is -3.81. The maximum atomic E-state index is 12.2. The second-order valence-electron chi connectivity index (χ2n) is 8.14. The Kier molecular flexibility index (Phi) is 5.61. The van der Waals surface area contributed by atoms with E-state index in [1.807, 2.05) is 43.7 Å². The van der Waals surface area contributed by atoms with Crippen LogP contribution in [0.5, 0.6) is 5.75 Å². The minimum Gasteiger partial charge on any atom is -0.509 e. The number of aliphatic hydroxyl groups is 1. The predicted octanol–water partition coefficient (Wildman–Crippen LogP) is 4.16. The van der Waals surface area contributed by atoms with Gasteiger partial charge in [-0.3, -0.25) is 5.41 Å². The van der Waals surface area contributed by atoms with Gasteiger partial charge in [-0.1, -0.05) is 13.8 Å². The minimum atomic E-state index is -0.376. The molecule has 32 heavy (non-hydrogen) atoms. The molecule has 0 fully saturated rings. The lowest BCUT2D eigenvalue weighted by molar-refractivity contribution is 0.0459. The Labute approximate surface area is 186 Å². The highest BCUT2D eigenvalue weighted by atomic mass is 16.5. The number of nitrogens with zero attached hydrogens (tertiary/aromatic N) is 3. The van der Waals surface area contributed by atoms with Crippen LogP contribution in [0.15, 0.2) is 48.2 Å². The molecule has 0 aliphatic carbocycles. The van der Waals surface area contributed by atoms with E-state index in [-0.39, 0.29) is 30.0 Å². The number of methoxy groups -OCH3 is 1. The predicted molar refractivity (Wildman–Crippen MR) is 123 cm³/mol. The Balaban J connectivity index is 1.58. The fourth-order valence-corrected chi connectivity index (χ4v) is 3.67. The second-order valence-corrected chi connectivity index (χ2v) is 8.14. The van der Waals surface area contributed by atoms with Crippen molar-refractivity contribution in [2.75, 3.05) is 25.2 Å². The van der Waals surface area contributed by atoms with Crippen LogP contribution < -0.4 is 9.64 Å². The van der Waals surface area contributed by atoms with Gasteiger partial charge in [0.15, 0.2) is 0 Å². The van der Waals surface area contributed by atoms with E-state index in [1.165, 1.54) is 0 Å². The van der Waals surface area contributed by atoms with Gasteiger partial charge in [0.2, 0.25) is 0 Å². The first-order valence-corrected chi connectivity index (χ1v) is 10.4. The van der Waals surface area contributed by atoms with Crippen LogP contribution >= 0.6 is 0 Å². The number of fused-ring (bicyclic) bond motifs is 1. The Morgan fingerprint density at radius 3 is 2.59 bits per heavy atom. The average molecular weight is 434 g/mol. The smallest absolute Gasteiger partial charge is 0.338 e. The molecule has 4 rings (SSSR count). The number of hydrogen-bond acceptors (Lipinski definition) is 6. The summed E-state index contributed by atoms with van der Waals surface area (Å²) in [6.07, 6.45) is 0. The quantitative estimate of drug-likeness (QED) is 0.565. The Morgan fingerprint density at radius 1 is 1.22 bits per heavy atom. The van der Waals surface area contributed by atoms with E-state index >= 15 is 0 Å². The Morgan fingerprint density at radius 2 is 1.94 bits per heavy atom. The number of amidine groups is 1. The molecule has 0 amide bonds. The molecule has 1 aliphatic rings. The van der Waals surface area contributed by atoms with Crippen molar-refractivity contribution >= 4 is 34.1 Å². The summed E-state index contributed by atoms with van der Waals surface area (Å²) in [5.74, 6) is 1.30. The van der Waals surface area contributed by atoms with Crippen molar-refractivity contribution in [3.8, 4) is 5.75 Å². The molecule has 0 saturated carbocycles. The SMILES string of the molecule is COc1ccc2c(c1)nc(C1=C(O)CN(c3ccc(C(=O)OCC(C)C)cc3)C1=N)n2C. The first kappa shape index (κ1) is 21.4. The van der Waals surface area contributed by atoms with Gasteiger partial charge >= 0.3 is 5.97 Å². The van der Waals surface area contributed by atoms with Crippen LogP contribution in [0, 0.1) is 11.3 Å².